The Hall–Kier alpha value is -2.33. The van der Waals surface area contributed by atoms with Gasteiger partial charge in [0.1, 0.15) is 12.4 Å². The van der Waals surface area contributed by atoms with E-state index in [2.05, 4.69) is 0 Å². The van der Waals surface area contributed by atoms with Gasteiger partial charge in [-0.1, -0.05) is 30.3 Å². The van der Waals surface area contributed by atoms with Crippen molar-refractivity contribution in [2.75, 3.05) is 0 Å². The van der Waals surface area contributed by atoms with Gasteiger partial charge in [-0.05, 0) is 35.4 Å². The Balaban J connectivity index is 1.90. The first-order valence-corrected chi connectivity index (χ1v) is 7.45. The highest BCUT2D eigenvalue weighted by molar-refractivity contribution is 7.17. The molecule has 106 valence electrons. The minimum Gasteiger partial charge on any atom is -0.489 e. The van der Waals surface area contributed by atoms with Gasteiger partial charge >= 0.3 is 5.97 Å². The first-order valence-electron chi connectivity index (χ1n) is 6.57. The molecular formula is C17H14O3S. The minimum absolute atomic E-state index is 0.347. The summed E-state index contributed by atoms with van der Waals surface area (Å²) in [5.41, 5.74) is 2.45. The highest BCUT2D eigenvalue weighted by Crippen LogP contribution is 2.30. The van der Waals surface area contributed by atoms with Crippen LogP contribution in [0.3, 0.4) is 0 Å². The second kappa shape index (κ2) is 5.58. The molecule has 0 bridgehead atoms. The molecule has 0 saturated carbocycles. The first kappa shape index (κ1) is 13.6. The highest BCUT2D eigenvalue weighted by Gasteiger charge is 2.13. The molecule has 1 aromatic heterocycles. The SMILES string of the molecule is Cc1ccccc1OCc1csc2c(C(=O)O)cccc12. The number of benzene rings is 2. The Morgan fingerprint density at radius 3 is 2.76 bits per heavy atom. The molecule has 0 amide bonds. The molecule has 1 heterocycles. The third-order valence-electron chi connectivity index (χ3n) is 3.39. The van der Waals surface area contributed by atoms with Crippen molar-refractivity contribution >= 4 is 27.4 Å². The number of para-hydroxylation sites is 1. The Kier molecular flexibility index (Phi) is 3.62. The molecule has 0 atom stereocenters. The Morgan fingerprint density at radius 2 is 2.00 bits per heavy atom. The van der Waals surface area contributed by atoms with Crippen molar-refractivity contribution in [3.05, 3.63) is 64.5 Å². The largest absolute Gasteiger partial charge is 0.489 e. The number of hydrogen-bond acceptors (Lipinski definition) is 3. The second-order valence-electron chi connectivity index (χ2n) is 4.80. The molecule has 0 saturated heterocycles. The van der Waals surface area contributed by atoms with Crippen LogP contribution in [0.1, 0.15) is 21.5 Å². The van der Waals surface area contributed by atoms with E-state index in [0.29, 0.717) is 12.2 Å². The van der Waals surface area contributed by atoms with E-state index in [4.69, 9.17) is 4.74 Å². The van der Waals surface area contributed by atoms with Crippen molar-refractivity contribution in [3.8, 4) is 5.75 Å². The number of aromatic carboxylic acids is 1. The molecule has 3 nitrogen and oxygen atoms in total. The Morgan fingerprint density at radius 1 is 1.19 bits per heavy atom. The monoisotopic (exact) mass is 298 g/mol. The van der Waals surface area contributed by atoms with Gasteiger partial charge in [0.15, 0.2) is 0 Å². The van der Waals surface area contributed by atoms with E-state index in [1.54, 1.807) is 12.1 Å². The summed E-state index contributed by atoms with van der Waals surface area (Å²) in [4.78, 5) is 11.2. The maximum atomic E-state index is 11.2. The molecule has 0 fully saturated rings. The summed E-state index contributed by atoms with van der Waals surface area (Å²) in [5.74, 6) is -0.0416. The van der Waals surface area contributed by atoms with E-state index in [9.17, 15) is 9.90 Å². The Labute approximate surface area is 126 Å². The van der Waals surface area contributed by atoms with Crippen LogP contribution < -0.4 is 4.74 Å². The molecule has 0 radical (unpaired) electrons. The number of fused-ring (bicyclic) bond motifs is 1. The average molecular weight is 298 g/mol. The molecule has 0 aliphatic heterocycles. The fourth-order valence-corrected chi connectivity index (χ4v) is 3.33. The Bertz CT molecular complexity index is 805. The number of carboxylic acid groups (broad SMARTS) is 1. The van der Waals surface area contributed by atoms with Crippen molar-refractivity contribution in [2.24, 2.45) is 0 Å². The van der Waals surface area contributed by atoms with Crippen LogP contribution in [0.2, 0.25) is 0 Å². The summed E-state index contributed by atoms with van der Waals surface area (Å²) < 4.78 is 6.65. The maximum Gasteiger partial charge on any atom is 0.337 e. The third-order valence-corrected chi connectivity index (χ3v) is 4.47. The lowest BCUT2D eigenvalue weighted by atomic mass is 10.1. The molecule has 4 heteroatoms. The van der Waals surface area contributed by atoms with E-state index in [0.717, 1.165) is 27.0 Å². The number of ether oxygens (including phenoxy) is 1. The van der Waals surface area contributed by atoms with Gasteiger partial charge in [0, 0.05) is 10.3 Å². The zero-order chi connectivity index (χ0) is 14.8. The number of thiophene rings is 1. The lowest BCUT2D eigenvalue weighted by Gasteiger charge is -2.08. The van der Waals surface area contributed by atoms with Crippen LogP contribution in [0.15, 0.2) is 47.8 Å². The fraction of sp³-hybridized carbons (Fsp3) is 0.118. The molecule has 0 aliphatic carbocycles. The smallest absolute Gasteiger partial charge is 0.337 e. The third kappa shape index (κ3) is 2.62. The zero-order valence-electron chi connectivity index (χ0n) is 11.5. The molecule has 3 rings (SSSR count). The van der Waals surface area contributed by atoms with Gasteiger partial charge in [-0.15, -0.1) is 11.3 Å². The summed E-state index contributed by atoms with van der Waals surface area (Å²) in [6, 6.07) is 13.2. The van der Waals surface area contributed by atoms with Crippen molar-refractivity contribution in [1.82, 2.24) is 0 Å². The first-order chi connectivity index (χ1) is 10.2. The van der Waals surface area contributed by atoms with Crippen LogP contribution in [0.4, 0.5) is 0 Å². The standard InChI is InChI=1S/C17H14O3S/c1-11-5-2-3-8-15(11)20-9-12-10-21-16-13(12)6-4-7-14(16)17(18)19/h2-8,10H,9H2,1H3,(H,18,19). The van der Waals surface area contributed by atoms with Gasteiger partial charge in [-0.2, -0.15) is 0 Å². The number of carboxylic acids is 1. The van der Waals surface area contributed by atoms with Crippen LogP contribution in [-0.4, -0.2) is 11.1 Å². The van der Waals surface area contributed by atoms with Gasteiger partial charge in [-0.3, -0.25) is 0 Å². The summed E-state index contributed by atoms with van der Waals surface area (Å²) in [5, 5.41) is 12.1. The number of rotatable bonds is 4. The van der Waals surface area contributed by atoms with Crippen LogP contribution >= 0.6 is 11.3 Å². The van der Waals surface area contributed by atoms with E-state index in [1.165, 1.54) is 11.3 Å². The van der Waals surface area contributed by atoms with Crippen LogP contribution in [0.5, 0.6) is 5.75 Å². The van der Waals surface area contributed by atoms with Crippen molar-refractivity contribution in [1.29, 1.82) is 0 Å². The summed E-state index contributed by atoms with van der Waals surface area (Å²) in [6.07, 6.45) is 0. The lowest BCUT2D eigenvalue weighted by Crippen LogP contribution is -1.97. The van der Waals surface area contributed by atoms with Crippen LogP contribution in [0, 0.1) is 6.92 Å². The molecular weight excluding hydrogens is 284 g/mol. The normalized spacial score (nSPS) is 10.7. The predicted octanol–water partition coefficient (Wildman–Crippen LogP) is 4.49. The molecule has 0 unspecified atom stereocenters. The molecule has 1 N–H and O–H groups in total. The van der Waals surface area contributed by atoms with Gasteiger partial charge in [0.25, 0.3) is 0 Å². The van der Waals surface area contributed by atoms with Crippen molar-refractivity contribution in [3.63, 3.8) is 0 Å². The van der Waals surface area contributed by atoms with Crippen molar-refractivity contribution in [2.45, 2.75) is 13.5 Å². The van der Waals surface area contributed by atoms with Crippen LogP contribution in [-0.2, 0) is 6.61 Å². The zero-order valence-corrected chi connectivity index (χ0v) is 12.3. The maximum absolute atomic E-state index is 11.2. The molecule has 2 aromatic carbocycles. The lowest BCUT2D eigenvalue weighted by molar-refractivity contribution is 0.0699. The fourth-order valence-electron chi connectivity index (χ4n) is 2.26. The van der Waals surface area contributed by atoms with E-state index in [-0.39, 0.29) is 0 Å². The van der Waals surface area contributed by atoms with Gasteiger partial charge in [-0.25, -0.2) is 4.79 Å². The minimum atomic E-state index is -0.895. The second-order valence-corrected chi connectivity index (χ2v) is 5.68. The van der Waals surface area contributed by atoms with E-state index in [1.807, 2.05) is 42.6 Å². The molecule has 21 heavy (non-hydrogen) atoms. The summed E-state index contributed by atoms with van der Waals surface area (Å²) in [6.45, 7) is 2.44. The summed E-state index contributed by atoms with van der Waals surface area (Å²) in [7, 11) is 0. The van der Waals surface area contributed by atoms with E-state index < -0.39 is 5.97 Å². The quantitative estimate of drug-likeness (QED) is 0.772. The molecule has 3 aromatic rings. The van der Waals surface area contributed by atoms with Gasteiger partial charge in [0.2, 0.25) is 0 Å². The number of hydrogen-bond donors (Lipinski definition) is 1. The topological polar surface area (TPSA) is 46.5 Å². The summed E-state index contributed by atoms with van der Waals surface area (Å²) >= 11 is 1.45. The molecule has 0 spiro atoms. The number of carbonyl (C=O) groups is 1. The highest BCUT2D eigenvalue weighted by atomic mass is 32.1. The number of aryl methyl sites for hydroxylation is 1. The van der Waals surface area contributed by atoms with Gasteiger partial charge in [0.05, 0.1) is 5.56 Å². The van der Waals surface area contributed by atoms with E-state index >= 15 is 0 Å². The van der Waals surface area contributed by atoms with Crippen molar-refractivity contribution < 1.29 is 14.6 Å². The molecule has 0 aliphatic rings. The van der Waals surface area contributed by atoms with Gasteiger partial charge < -0.3 is 9.84 Å². The van der Waals surface area contributed by atoms with Crippen LogP contribution in [0.25, 0.3) is 10.1 Å². The predicted molar refractivity (Wildman–Crippen MR) is 84.3 cm³/mol. The average Bonchev–Trinajstić information content (AvgIpc) is 2.89.